The first-order valence-corrected chi connectivity index (χ1v) is 13.1. The molecule has 1 amide bonds. The Morgan fingerprint density at radius 2 is 1.75 bits per heavy atom. The molecule has 0 aromatic carbocycles. The van der Waals surface area contributed by atoms with Crippen LogP contribution in [0.25, 0.3) is 0 Å². The second kappa shape index (κ2) is 6.99. The van der Waals surface area contributed by atoms with Crippen molar-refractivity contribution in [3.63, 3.8) is 0 Å². The summed E-state index contributed by atoms with van der Waals surface area (Å²) in [4.78, 5) is 18.8. The van der Waals surface area contributed by atoms with Gasteiger partial charge in [0.1, 0.15) is 0 Å². The van der Waals surface area contributed by atoms with Crippen LogP contribution in [0, 0.1) is 0 Å². The van der Waals surface area contributed by atoms with Crippen molar-refractivity contribution in [2.45, 2.75) is 38.5 Å². The van der Waals surface area contributed by atoms with Crippen molar-refractivity contribution in [1.82, 2.24) is 8.97 Å². The molecule has 1 aromatic heterocycles. The Labute approximate surface area is 154 Å². The zero-order valence-corrected chi connectivity index (χ0v) is 18.4. The molecule has 0 fully saturated rings. The van der Waals surface area contributed by atoms with Gasteiger partial charge in [0, 0.05) is 0 Å². The van der Waals surface area contributed by atoms with Gasteiger partial charge in [-0.3, -0.25) is 0 Å². The molecule has 1 aromatic rings. The Balaban J connectivity index is 2.26. The van der Waals surface area contributed by atoms with Gasteiger partial charge in [0.2, 0.25) is 0 Å². The zero-order valence-electron chi connectivity index (χ0n) is 15.2. The molecule has 2 rings (SSSR count). The van der Waals surface area contributed by atoms with Crippen molar-refractivity contribution in [2.75, 3.05) is 19.0 Å². The number of hydrogen-bond donors (Lipinski definition) is 1. The first-order valence-electron chi connectivity index (χ1n) is 7.71. The minimum atomic E-state index is -2.44. The fraction of sp³-hybridized carbons (Fsp3) is 0.444. The predicted octanol–water partition coefficient (Wildman–Crippen LogP) is 4.43. The minimum absolute atomic E-state index is 0.187. The van der Waals surface area contributed by atoms with E-state index in [2.05, 4.69) is 43.6 Å². The molecule has 0 unspecified atom stereocenters. The fourth-order valence-corrected chi connectivity index (χ4v) is 8.64. The van der Waals surface area contributed by atoms with Gasteiger partial charge in [-0.15, -0.1) is 0 Å². The third-order valence-electron chi connectivity index (χ3n) is 5.00. The zero-order chi connectivity index (χ0) is 18.2. The molecule has 0 radical (unpaired) electrons. The van der Waals surface area contributed by atoms with Crippen LogP contribution in [0.5, 0.6) is 0 Å². The summed E-state index contributed by atoms with van der Waals surface area (Å²) in [6.45, 7) is 10.7. The molecule has 6 heteroatoms. The molecule has 0 spiro atoms. The van der Waals surface area contributed by atoms with E-state index in [1.807, 2.05) is 25.1 Å². The summed E-state index contributed by atoms with van der Waals surface area (Å²) in [5, 5.41) is 0. The quantitative estimate of drug-likeness (QED) is 0.631. The van der Waals surface area contributed by atoms with E-state index in [1.165, 1.54) is 22.3 Å². The standard InChI is InChI=1S/C10H15.C8H11N3O.ClH.Ir/c1-6-7(2)9(4)10(5)8(6)3;1-11(2)6-3-4-10-7(5-6)8(9)12;;/h1-5H3;3-5H,1-2H3,(H2,9,12);1H;/q;;;+2/p-2. The Hall–Kier alpha value is -1.16. The molecule has 24 heavy (non-hydrogen) atoms. The molecule has 1 aliphatic rings. The second-order valence-electron chi connectivity index (χ2n) is 6.37. The molecular weight excluding hydrogens is 502 g/mol. The second-order valence-corrected chi connectivity index (χ2v) is 12.9. The molecule has 4 nitrogen and oxygen atoms in total. The number of carbonyl (C=O) groups excluding carboxylic acids is 1. The summed E-state index contributed by atoms with van der Waals surface area (Å²) >= 11 is -2.44. The number of allylic oxidation sites excluding steroid dienone is 4. The third-order valence-corrected chi connectivity index (χ3v) is 12.5. The van der Waals surface area contributed by atoms with Crippen LogP contribution < -0.4 is 8.89 Å². The van der Waals surface area contributed by atoms with E-state index in [1.54, 1.807) is 12.3 Å². The van der Waals surface area contributed by atoms with Crippen LogP contribution >= 0.6 is 9.58 Å². The van der Waals surface area contributed by atoms with Gasteiger partial charge in [0.15, 0.2) is 0 Å². The van der Waals surface area contributed by atoms with Crippen molar-refractivity contribution < 1.29 is 20.5 Å². The number of nitrogens with one attached hydrogen (secondary N) is 1. The number of anilines is 1. The van der Waals surface area contributed by atoms with Crippen molar-refractivity contribution in [1.29, 1.82) is 0 Å². The number of rotatable bonds is 4. The van der Waals surface area contributed by atoms with Gasteiger partial charge in [0.25, 0.3) is 0 Å². The summed E-state index contributed by atoms with van der Waals surface area (Å²) in [5.41, 5.74) is 6.49. The van der Waals surface area contributed by atoms with Crippen molar-refractivity contribution >= 4 is 21.2 Å². The van der Waals surface area contributed by atoms with Gasteiger partial charge in [-0.2, -0.15) is 0 Å². The molecule has 0 atom stereocenters. The van der Waals surface area contributed by atoms with Crippen LogP contribution in [-0.4, -0.2) is 25.0 Å². The summed E-state index contributed by atoms with van der Waals surface area (Å²) in [7, 11) is 10.7. The Morgan fingerprint density at radius 3 is 2.25 bits per heavy atom. The maximum absolute atomic E-state index is 12.6. The SMILES string of the molecule is CC1=C(C)[C](C)([Ir]([Cl])[NH]C(=O)c2cc(N(C)C)ccn2)C(C)=C1C. The van der Waals surface area contributed by atoms with Crippen LogP contribution in [0.3, 0.4) is 0 Å². The molecule has 1 N–H and O–H groups in total. The number of halogens is 1. The summed E-state index contributed by atoms with van der Waals surface area (Å²) < 4.78 is 2.87. The van der Waals surface area contributed by atoms with Gasteiger partial charge < -0.3 is 0 Å². The van der Waals surface area contributed by atoms with Crippen LogP contribution in [0.1, 0.15) is 45.1 Å². The third kappa shape index (κ3) is 3.17. The van der Waals surface area contributed by atoms with Gasteiger partial charge in [-0.05, 0) is 0 Å². The number of carbonyl (C=O) groups is 1. The Kier molecular flexibility index (Phi) is 5.58. The molecule has 0 saturated carbocycles. The van der Waals surface area contributed by atoms with Crippen molar-refractivity contribution in [2.24, 2.45) is 0 Å². The van der Waals surface area contributed by atoms with Gasteiger partial charge >= 0.3 is 155 Å². The monoisotopic (exact) mass is 527 g/mol. The van der Waals surface area contributed by atoms with Gasteiger partial charge in [-0.1, -0.05) is 0 Å². The topological polar surface area (TPSA) is 45.2 Å². The van der Waals surface area contributed by atoms with Gasteiger partial charge in [0.05, 0.1) is 0 Å². The van der Waals surface area contributed by atoms with Crippen molar-refractivity contribution in [3.8, 4) is 0 Å². The average molecular weight is 527 g/mol. The Morgan fingerprint density at radius 1 is 1.21 bits per heavy atom. The van der Waals surface area contributed by atoms with E-state index >= 15 is 0 Å². The maximum atomic E-state index is 12.6. The van der Waals surface area contributed by atoms with Crippen molar-refractivity contribution in [3.05, 3.63) is 46.3 Å². The molecule has 1 heterocycles. The number of nitrogens with zero attached hydrogens (tertiary/aromatic N) is 2. The average Bonchev–Trinajstić information content (AvgIpc) is 2.71. The van der Waals surface area contributed by atoms with E-state index in [4.69, 9.17) is 9.58 Å². The molecule has 0 bridgehead atoms. The van der Waals surface area contributed by atoms with Crippen LogP contribution in [0.4, 0.5) is 5.69 Å². The summed E-state index contributed by atoms with van der Waals surface area (Å²) in [5.74, 6) is -0.187. The van der Waals surface area contributed by atoms with E-state index in [-0.39, 0.29) is 9.84 Å². The van der Waals surface area contributed by atoms with Gasteiger partial charge in [-0.25, -0.2) is 0 Å². The first-order chi connectivity index (χ1) is 11.1. The number of amides is 1. The number of aromatic nitrogens is 1. The van der Waals surface area contributed by atoms with E-state index in [0.29, 0.717) is 5.69 Å². The number of hydrogen-bond acceptors (Lipinski definition) is 3. The number of pyridine rings is 1. The molecular formula is C18H25ClIrN3O. The van der Waals surface area contributed by atoms with E-state index in [9.17, 15) is 4.79 Å². The molecule has 0 saturated heterocycles. The first kappa shape index (κ1) is 19.2. The summed E-state index contributed by atoms with van der Waals surface area (Å²) in [6.07, 6.45) is 1.65. The fourth-order valence-electron chi connectivity index (χ4n) is 2.76. The predicted molar refractivity (Wildman–Crippen MR) is 97.0 cm³/mol. The Bertz CT molecular complexity index is 716. The molecule has 1 aliphatic carbocycles. The van der Waals surface area contributed by atoms with Crippen LogP contribution in [-0.2, 0) is 15.7 Å². The van der Waals surface area contributed by atoms with E-state index in [0.717, 1.165) is 5.69 Å². The molecule has 0 aliphatic heterocycles. The van der Waals surface area contributed by atoms with Crippen LogP contribution in [0.2, 0.25) is 3.93 Å². The molecule has 134 valence electrons. The summed E-state index contributed by atoms with van der Waals surface area (Å²) in [6, 6.07) is 3.66. The van der Waals surface area contributed by atoms with E-state index < -0.39 is 15.7 Å². The van der Waals surface area contributed by atoms with Crippen LogP contribution in [0.15, 0.2) is 40.6 Å². The normalized spacial score (nSPS) is 17.2.